The van der Waals surface area contributed by atoms with Crippen LogP contribution in [0.25, 0.3) is 0 Å². The lowest BCUT2D eigenvalue weighted by Gasteiger charge is -2.49. The summed E-state index contributed by atoms with van der Waals surface area (Å²) >= 11 is 7.54. The number of carbonyl (C=O) groups is 2. The molecule has 0 aliphatic carbocycles. The first-order valence-corrected chi connectivity index (χ1v) is 30.1. The molecular formula is C55H98Cl2N2O16S. The van der Waals surface area contributed by atoms with Gasteiger partial charge in [-0.1, -0.05) is 67.7 Å². The first-order valence-electron chi connectivity index (χ1n) is 28.3. The van der Waals surface area contributed by atoms with Gasteiger partial charge in [-0.05, 0) is 103 Å². The van der Waals surface area contributed by atoms with E-state index in [0.717, 1.165) is 51.5 Å². The number of thioether (sulfide) groups is 1. The van der Waals surface area contributed by atoms with Crippen LogP contribution in [0.5, 0.6) is 0 Å². The van der Waals surface area contributed by atoms with Gasteiger partial charge in [-0.25, -0.2) is 0 Å². The SMILES string of the molecule is CCCCCC1CN[C@@H](C(=O)N[C@@H]([C@H]2O[C@H](SC)[C@H](O)[C@@H](O)[C@H]2O)[C@H](C)Cl)C1.CC[C@@]1([C@@H]2O[C@@H]([C@H]3O[C@@](O)(CO)[C@H](C)C[C@@H]3C)C[C@@H]2C)CC[C@H]([C@]2(C)CC[C@]3(C[C@H](O)[C@@H](C)[C@@H]([C@@H](C)[C@@H](OC)[C@H](C)C(=O)O)O3)O2)O1.Cl. The number of alkyl halides is 1. The number of hydrogen-bond acceptors (Lipinski definition) is 17. The minimum atomic E-state index is -1.56. The van der Waals surface area contributed by atoms with E-state index in [9.17, 15) is 45.3 Å². The molecule has 444 valence electrons. The molecule has 7 fully saturated rings. The first kappa shape index (κ1) is 66.1. The third-order valence-electron chi connectivity index (χ3n) is 18.8. The highest BCUT2D eigenvalue weighted by Gasteiger charge is 2.62. The number of nitrogens with one attached hydrogen (secondary N) is 2. The van der Waals surface area contributed by atoms with E-state index in [1.165, 1.54) is 38.1 Å². The van der Waals surface area contributed by atoms with Gasteiger partial charge in [-0.2, -0.15) is 0 Å². The Labute approximate surface area is 468 Å². The molecule has 7 saturated heterocycles. The molecule has 0 aromatic carbocycles. The van der Waals surface area contributed by atoms with Crippen molar-refractivity contribution in [3.8, 4) is 0 Å². The van der Waals surface area contributed by atoms with Crippen LogP contribution >= 0.6 is 35.8 Å². The van der Waals surface area contributed by atoms with Crippen molar-refractivity contribution in [2.75, 3.05) is 26.5 Å². The molecule has 7 aliphatic rings. The number of carboxylic acid groups (broad SMARTS) is 1. The fraction of sp³-hybridized carbons (Fsp3) is 0.964. The minimum absolute atomic E-state index is 0. The number of unbranched alkanes of at least 4 members (excludes halogenated alkanes) is 2. The highest BCUT2D eigenvalue weighted by atomic mass is 35.5. The van der Waals surface area contributed by atoms with Gasteiger partial charge in [0.15, 0.2) is 11.6 Å². The highest BCUT2D eigenvalue weighted by Crippen LogP contribution is 2.55. The zero-order chi connectivity index (χ0) is 55.5. The molecule has 7 rings (SSSR count). The van der Waals surface area contributed by atoms with Crippen LogP contribution in [0.3, 0.4) is 0 Å². The molecule has 18 nitrogen and oxygen atoms in total. The second-order valence-electron chi connectivity index (χ2n) is 24.2. The number of aliphatic carboxylic acids is 1. The lowest BCUT2D eigenvalue weighted by atomic mass is 9.78. The van der Waals surface area contributed by atoms with Gasteiger partial charge in [0.25, 0.3) is 0 Å². The largest absolute Gasteiger partial charge is 0.481 e. The van der Waals surface area contributed by atoms with Crippen LogP contribution in [-0.4, -0.2) is 187 Å². The van der Waals surface area contributed by atoms with Gasteiger partial charge in [0.05, 0.1) is 83.9 Å². The van der Waals surface area contributed by atoms with Gasteiger partial charge in [0, 0.05) is 37.7 Å². The first-order chi connectivity index (χ1) is 35.3. The zero-order valence-corrected chi connectivity index (χ0v) is 49.7. The van der Waals surface area contributed by atoms with Crippen molar-refractivity contribution in [3.63, 3.8) is 0 Å². The summed E-state index contributed by atoms with van der Waals surface area (Å²) in [6.45, 7) is 20.3. The maximum atomic E-state index is 12.8. The van der Waals surface area contributed by atoms with Crippen LogP contribution in [0.4, 0.5) is 0 Å². The molecule has 9 N–H and O–H groups in total. The molecule has 0 radical (unpaired) electrons. The minimum Gasteiger partial charge on any atom is -0.481 e. The summed E-state index contributed by atoms with van der Waals surface area (Å²) in [5, 5.41) is 78.1. The fourth-order valence-corrected chi connectivity index (χ4v) is 14.8. The van der Waals surface area contributed by atoms with Crippen LogP contribution < -0.4 is 10.6 Å². The Morgan fingerprint density at radius 1 is 0.908 bits per heavy atom. The summed E-state index contributed by atoms with van der Waals surface area (Å²) in [4.78, 5) is 24.6. The van der Waals surface area contributed by atoms with E-state index >= 15 is 0 Å². The summed E-state index contributed by atoms with van der Waals surface area (Å²) in [7, 11) is 1.52. The Hall–Kier alpha value is -0.690. The summed E-state index contributed by atoms with van der Waals surface area (Å²) in [5.41, 5.74) is -1.85. The Morgan fingerprint density at radius 3 is 2.21 bits per heavy atom. The Bertz CT molecular complexity index is 1850. The van der Waals surface area contributed by atoms with Crippen molar-refractivity contribution in [1.82, 2.24) is 10.6 Å². The molecule has 7 heterocycles. The topological polar surface area (TPSA) is 264 Å². The standard InChI is InChI=1S/C36H62O11.C19H35ClN2O5S.ClH/c1-10-34(31-20(3)16-26(43-31)28-19(2)15-21(4)36(41,18-37)46-28)12-11-27(44-34)33(8)13-14-35(47-33)17-25(38)22(5)30(45-35)23(6)29(42-9)24(7)32(39)40;1-4-5-6-7-11-8-12(21-9-11)18(26)22-13(10(2)20)17-15(24)14(23)16(25)19(27-17)28-3;/h19-31,37-38,41H,10-18H2,1-9H3,(H,39,40);10-17,19,21,23-25H,4-9H2,1-3H3,(H,22,26);1H/t19-,20-,21+,22+,23-,24-,25-,26+,27+,28-,29+,30-,31+,33-,34-,35+,36-;10-,11?,12+,13+,14-,15+,16+,17+,19+;/m00./s1. The van der Waals surface area contributed by atoms with Gasteiger partial charge >= 0.3 is 5.97 Å². The summed E-state index contributed by atoms with van der Waals surface area (Å²) < 4.78 is 45.2. The van der Waals surface area contributed by atoms with Gasteiger partial charge < -0.3 is 79.5 Å². The maximum Gasteiger partial charge on any atom is 0.308 e. The highest BCUT2D eigenvalue weighted by molar-refractivity contribution is 7.99. The number of ether oxygens (including phenoxy) is 7. The van der Waals surface area contributed by atoms with Crippen molar-refractivity contribution in [1.29, 1.82) is 0 Å². The Balaban J connectivity index is 0.000000315. The van der Waals surface area contributed by atoms with Crippen molar-refractivity contribution in [2.24, 2.45) is 41.4 Å². The molecule has 0 saturated carbocycles. The molecule has 1 spiro atoms. The van der Waals surface area contributed by atoms with E-state index in [2.05, 4.69) is 45.3 Å². The van der Waals surface area contributed by atoms with Crippen molar-refractivity contribution >= 4 is 47.6 Å². The smallest absolute Gasteiger partial charge is 0.308 e. The fourth-order valence-electron chi connectivity index (χ4n) is 13.9. The average Bonchev–Trinajstić information content (AvgIpc) is 4.19. The van der Waals surface area contributed by atoms with Gasteiger partial charge in [0.1, 0.15) is 29.9 Å². The molecular weight excluding hydrogens is 1050 g/mol. The van der Waals surface area contributed by atoms with Crippen molar-refractivity contribution in [2.45, 2.75) is 266 Å². The summed E-state index contributed by atoms with van der Waals surface area (Å²) in [5.74, 6) is -4.21. The molecule has 7 aliphatic heterocycles. The van der Waals surface area contributed by atoms with Crippen LogP contribution in [-0.2, 0) is 42.7 Å². The predicted octanol–water partition coefficient (Wildman–Crippen LogP) is 5.52. The average molecular weight is 1150 g/mol. The molecule has 1 unspecified atom stereocenters. The quantitative estimate of drug-likeness (QED) is 0.0569. The number of carboxylic acids is 1. The third-order valence-corrected chi connectivity index (χ3v) is 19.9. The molecule has 76 heavy (non-hydrogen) atoms. The molecule has 26 atom stereocenters. The molecule has 21 heteroatoms. The number of aliphatic hydroxyl groups excluding tert-OH is 5. The van der Waals surface area contributed by atoms with Gasteiger partial charge in [-0.15, -0.1) is 35.8 Å². The summed E-state index contributed by atoms with van der Waals surface area (Å²) in [6.07, 6.45) is 5.38. The van der Waals surface area contributed by atoms with Crippen LogP contribution in [0.15, 0.2) is 0 Å². The number of carbonyl (C=O) groups excluding carboxylic acids is 1. The van der Waals surface area contributed by atoms with E-state index in [1.807, 2.05) is 20.8 Å². The van der Waals surface area contributed by atoms with E-state index in [1.54, 1.807) is 20.1 Å². The second-order valence-corrected chi connectivity index (χ2v) is 25.9. The monoisotopic (exact) mass is 1140 g/mol. The van der Waals surface area contributed by atoms with E-state index in [4.69, 9.17) is 44.8 Å². The lowest BCUT2D eigenvalue weighted by molar-refractivity contribution is -0.336. The van der Waals surface area contributed by atoms with E-state index < -0.39 is 101 Å². The van der Waals surface area contributed by atoms with Crippen LogP contribution in [0, 0.1) is 41.4 Å². The van der Waals surface area contributed by atoms with E-state index in [0.29, 0.717) is 25.2 Å². The molecule has 0 aromatic heterocycles. The lowest BCUT2D eigenvalue weighted by Crippen LogP contribution is -2.65. The Kier molecular flexibility index (Phi) is 24.0. The zero-order valence-electron chi connectivity index (χ0n) is 47.3. The maximum absolute atomic E-state index is 12.8. The normalized spacial score (nSPS) is 45.5. The van der Waals surface area contributed by atoms with Crippen molar-refractivity contribution < 1.29 is 78.5 Å². The predicted molar refractivity (Wildman–Crippen MR) is 291 cm³/mol. The van der Waals surface area contributed by atoms with E-state index in [-0.39, 0.29) is 78.4 Å². The Morgan fingerprint density at radius 2 is 1.61 bits per heavy atom. The number of halogens is 2. The van der Waals surface area contributed by atoms with Crippen molar-refractivity contribution in [3.05, 3.63) is 0 Å². The number of methoxy groups -OCH3 is 1. The summed E-state index contributed by atoms with van der Waals surface area (Å²) in [6, 6.07) is -0.987. The van der Waals surface area contributed by atoms with Gasteiger partial charge in [-0.3, -0.25) is 9.59 Å². The number of hydrogen-bond donors (Lipinski definition) is 9. The third kappa shape index (κ3) is 14.2. The molecule has 0 aromatic rings. The number of amides is 1. The molecule has 0 bridgehead atoms. The number of aliphatic hydroxyl groups is 6. The van der Waals surface area contributed by atoms with Crippen LogP contribution in [0.2, 0.25) is 0 Å². The number of rotatable bonds is 19. The van der Waals surface area contributed by atoms with Crippen LogP contribution in [0.1, 0.15) is 153 Å². The second kappa shape index (κ2) is 27.6. The molecule has 1 amide bonds. The van der Waals surface area contributed by atoms with Gasteiger partial charge in [0.2, 0.25) is 5.91 Å².